The van der Waals surface area contributed by atoms with E-state index in [-0.39, 0.29) is 47.8 Å². The van der Waals surface area contributed by atoms with Gasteiger partial charge in [-0.05, 0) is 36.5 Å². The second-order valence-electron chi connectivity index (χ2n) is 10.7. The molecule has 10 heteroatoms. The van der Waals surface area contributed by atoms with Crippen molar-refractivity contribution in [3.63, 3.8) is 0 Å². The van der Waals surface area contributed by atoms with Crippen molar-refractivity contribution < 1.29 is 28.7 Å². The molecule has 2 aliphatic heterocycles. The van der Waals surface area contributed by atoms with Crippen LogP contribution in [0.4, 0.5) is 0 Å². The molecule has 1 aromatic carbocycles. The van der Waals surface area contributed by atoms with Crippen LogP contribution in [0.1, 0.15) is 64.2 Å². The third kappa shape index (κ3) is 4.94. The standard InChI is InChI=1S/C29H30N4O6/c34-23(16-4-8-38-9-5-16)14-18-2-1-3-21-25(18)28(37)26-19(15-24(35)17-6-10-39-11-7-17)12-20(13-22(26)27(21)36)29-30-32-33-31-29/h1-3,12-13,16-17,22,26H,4-11,14-15H2,(H,30,31,32,33). The van der Waals surface area contributed by atoms with Crippen LogP contribution in [0.25, 0.3) is 5.57 Å². The zero-order valence-corrected chi connectivity index (χ0v) is 21.6. The van der Waals surface area contributed by atoms with Crippen molar-refractivity contribution >= 4 is 28.7 Å². The number of ketones is 4. The van der Waals surface area contributed by atoms with Gasteiger partial charge in [-0.25, -0.2) is 0 Å². The Morgan fingerprint density at radius 1 is 0.897 bits per heavy atom. The molecule has 6 rings (SSSR count). The van der Waals surface area contributed by atoms with Crippen LogP contribution in [0.3, 0.4) is 0 Å². The van der Waals surface area contributed by atoms with Crippen LogP contribution in [0.5, 0.6) is 0 Å². The van der Waals surface area contributed by atoms with Crippen molar-refractivity contribution in [2.75, 3.05) is 26.4 Å². The number of H-pyrrole nitrogens is 1. The van der Waals surface area contributed by atoms with Crippen molar-refractivity contribution in [1.82, 2.24) is 20.6 Å². The number of hydrogen-bond acceptors (Lipinski definition) is 9. The monoisotopic (exact) mass is 530 g/mol. The molecule has 2 unspecified atom stereocenters. The summed E-state index contributed by atoms with van der Waals surface area (Å²) in [6.45, 7) is 2.17. The van der Waals surface area contributed by atoms with Crippen LogP contribution < -0.4 is 0 Å². The number of carbonyl (C=O) groups is 4. The molecule has 2 atom stereocenters. The van der Waals surface area contributed by atoms with Gasteiger partial charge >= 0.3 is 0 Å². The second kappa shape index (κ2) is 10.9. The maximum absolute atomic E-state index is 14.2. The summed E-state index contributed by atoms with van der Waals surface area (Å²) in [4.78, 5) is 54.6. The van der Waals surface area contributed by atoms with Gasteiger partial charge in [-0.15, -0.1) is 10.2 Å². The summed E-state index contributed by atoms with van der Waals surface area (Å²) in [5, 5.41) is 14.2. The third-order valence-corrected chi connectivity index (χ3v) is 8.41. The highest BCUT2D eigenvalue weighted by Gasteiger charge is 2.46. The number of fused-ring (bicyclic) bond motifs is 2. The minimum atomic E-state index is -0.816. The lowest BCUT2D eigenvalue weighted by Gasteiger charge is -2.35. The number of tetrazole rings is 1. The summed E-state index contributed by atoms with van der Waals surface area (Å²) >= 11 is 0. The fraction of sp³-hybridized carbons (Fsp3) is 0.483. The summed E-state index contributed by atoms with van der Waals surface area (Å²) < 4.78 is 10.8. The number of rotatable bonds is 7. The summed E-state index contributed by atoms with van der Waals surface area (Å²) in [7, 11) is 0. The molecule has 0 spiro atoms. The van der Waals surface area contributed by atoms with E-state index in [0.717, 1.165) is 0 Å². The van der Waals surface area contributed by atoms with Gasteiger partial charge in [0.05, 0.1) is 11.8 Å². The Labute approximate surface area is 225 Å². The number of aromatic nitrogens is 4. The first kappa shape index (κ1) is 25.6. The molecule has 0 radical (unpaired) electrons. The lowest BCUT2D eigenvalue weighted by Crippen LogP contribution is -2.40. The second-order valence-corrected chi connectivity index (χ2v) is 10.7. The molecule has 0 saturated carbocycles. The molecule has 2 aliphatic carbocycles. The molecule has 0 amide bonds. The van der Waals surface area contributed by atoms with Crippen molar-refractivity contribution in [1.29, 1.82) is 0 Å². The molecule has 202 valence electrons. The van der Waals surface area contributed by atoms with Crippen molar-refractivity contribution in [3.05, 3.63) is 58.4 Å². The Kier molecular flexibility index (Phi) is 7.14. The highest BCUT2D eigenvalue weighted by atomic mass is 16.5. The number of ether oxygens (including phenoxy) is 2. The maximum Gasteiger partial charge on any atom is 0.204 e. The molecule has 0 bridgehead atoms. The number of hydrogen-bond donors (Lipinski definition) is 1. The Hall–Kier alpha value is -3.63. The first-order valence-electron chi connectivity index (χ1n) is 13.6. The van der Waals surface area contributed by atoms with Gasteiger partial charge in [-0.2, -0.15) is 5.21 Å². The normalized spacial score (nSPS) is 24.0. The average Bonchev–Trinajstić information content (AvgIpc) is 3.52. The van der Waals surface area contributed by atoms with Gasteiger partial charge in [0.2, 0.25) is 5.82 Å². The molecule has 2 aromatic rings. The predicted octanol–water partition coefficient (Wildman–Crippen LogP) is 2.76. The fourth-order valence-corrected chi connectivity index (χ4v) is 6.30. The molecule has 2 fully saturated rings. The molecule has 39 heavy (non-hydrogen) atoms. The third-order valence-electron chi connectivity index (χ3n) is 8.41. The van der Waals surface area contributed by atoms with Crippen LogP contribution in [-0.4, -0.2) is 70.2 Å². The smallest absolute Gasteiger partial charge is 0.204 e. The van der Waals surface area contributed by atoms with Crippen molar-refractivity contribution in [3.8, 4) is 0 Å². The first-order valence-corrected chi connectivity index (χ1v) is 13.6. The van der Waals surface area contributed by atoms with E-state index in [1.54, 1.807) is 30.4 Å². The van der Waals surface area contributed by atoms with Gasteiger partial charge in [-0.3, -0.25) is 19.2 Å². The number of nitrogens with zero attached hydrogens (tertiary/aromatic N) is 3. The highest BCUT2D eigenvalue weighted by Crippen LogP contribution is 2.43. The molecule has 1 N–H and O–H groups in total. The minimum absolute atomic E-state index is 0.0340. The van der Waals surface area contributed by atoms with Crippen LogP contribution in [-0.2, 0) is 25.5 Å². The zero-order chi connectivity index (χ0) is 26.9. The average molecular weight is 531 g/mol. The van der Waals surface area contributed by atoms with Gasteiger partial charge in [0, 0.05) is 67.8 Å². The van der Waals surface area contributed by atoms with Crippen molar-refractivity contribution in [2.45, 2.75) is 38.5 Å². The maximum atomic E-state index is 14.2. The largest absolute Gasteiger partial charge is 0.381 e. The van der Waals surface area contributed by atoms with E-state index in [4.69, 9.17) is 9.47 Å². The Morgan fingerprint density at radius 2 is 1.56 bits per heavy atom. The minimum Gasteiger partial charge on any atom is -0.381 e. The van der Waals surface area contributed by atoms with Crippen molar-refractivity contribution in [2.24, 2.45) is 23.7 Å². The summed E-state index contributed by atoms with van der Waals surface area (Å²) in [5.41, 5.74) is 2.33. The van der Waals surface area contributed by atoms with E-state index in [0.29, 0.717) is 85.8 Å². The van der Waals surface area contributed by atoms with E-state index in [1.807, 2.05) is 0 Å². The van der Waals surface area contributed by atoms with E-state index < -0.39 is 11.8 Å². The fourth-order valence-electron chi connectivity index (χ4n) is 6.30. The highest BCUT2D eigenvalue weighted by molar-refractivity contribution is 6.19. The topological polar surface area (TPSA) is 141 Å². The van der Waals surface area contributed by atoms with E-state index in [2.05, 4.69) is 20.6 Å². The van der Waals surface area contributed by atoms with Crippen LogP contribution in [0.15, 0.2) is 35.9 Å². The summed E-state index contributed by atoms with van der Waals surface area (Å²) in [6.07, 6.45) is 6.22. The number of nitrogens with one attached hydrogen (secondary N) is 1. The molecule has 1 aromatic heterocycles. The SMILES string of the molecule is O=C(CC1=CC(c2nn[nH]n2)=CC2C(=O)c3cccc(CC(=O)C4CCOCC4)c3C(=O)C12)C1CCOCC1. The molecule has 10 nitrogen and oxygen atoms in total. The molecular weight excluding hydrogens is 500 g/mol. The van der Waals surface area contributed by atoms with Crippen LogP contribution in [0.2, 0.25) is 0 Å². The van der Waals surface area contributed by atoms with Crippen LogP contribution >= 0.6 is 0 Å². The van der Waals surface area contributed by atoms with Crippen LogP contribution in [0, 0.1) is 23.7 Å². The molecule has 4 aliphatic rings. The summed E-state index contributed by atoms with van der Waals surface area (Å²) in [5.74, 6) is -1.91. The Balaban J connectivity index is 1.36. The number of benzene rings is 1. The number of allylic oxidation sites excluding steroid dienone is 4. The number of Topliss-reactive ketones (excluding diaryl/α,β-unsaturated/α-hetero) is 4. The Morgan fingerprint density at radius 3 is 2.21 bits per heavy atom. The summed E-state index contributed by atoms with van der Waals surface area (Å²) in [6, 6.07) is 5.15. The zero-order valence-electron chi connectivity index (χ0n) is 21.6. The van der Waals surface area contributed by atoms with Gasteiger partial charge < -0.3 is 9.47 Å². The number of aromatic amines is 1. The Bertz CT molecular complexity index is 1370. The quantitative estimate of drug-likeness (QED) is 0.572. The van der Waals surface area contributed by atoms with Gasteiger partial charge in [-0.1, -0.05) is 35.9 Å². The van der Waals surface area contributed by atoms with E-state index in [9.17, 15) is 19.2 Å². The van der Waals surface area contributed by atoms with E-state index >= 15 is 0 Å². The molecule has 3 heterocycles. The first-order chi connectivity index (χ1) is 19.0. The van der Waals surface area contributed by atoms with Gasteiger partial charge in [0.1, 0.15) is 11.6 Å². The molecule has 2 saturated heterocycles. The van der Waals surface area contributed by atoms with E-state index in [1.165, 1.54) is 0 Å². The lowest BCUT2D eigenvalue weighted by molar-refractivity contribution is -0.125. The lowest BCUT2D eigenvalue weighted by atomic mass is 9.65. The molecular formula is C29H30N4O6. The van der Waals surface area contributed by atoms with Gasteiger partial charge in [0.25, 0.3) is 0 Å². The predicted molar refractivity (Wildman–Crippen MR) is 138 cm³/mol. The van der Waals surface area contributed by atoms with Gasteiger partial charge in [0.15, 0.2) is 11.6 Å². The number of carbonyl (C=O) groups excluding carboxylic acids is 4.